The minimum atomic E-state index is -0.176. The molecule has 0 aliphatic rings. The summed E-state index contributed by atoms with van der Waals surface area (Å²) in [6.07, 6.45) is 0. The first-order chi connectivity index (χ1) is 8.15. The Bertz CT molecular complexity index is 349. The van der Waals surface area contributed by atoms with E-state index in [0.29, 0.717) is 13.2 Å². The van der Waals surface area contributed by atoms with Crippen molar-refractivity contribution in [1.82, 2.24) is 4.90 Å². The predicted octanol–water partition coefficient (Wildman–Crippen LogP) is 1.65. The van der Waals surface area contributed by atoms with E-state index in [2.05, 4.69) is 0 Å². The molecular weight excluding hydrogens is 216 g/mol. The quantitative estimate of drug-likeness (QED) is 0.603. The SMILES string of the molecule is CCOC(=O)CN(CC)Cc1ccc(N)cc1. The molecule has 94 valence electrons. The van der Waals surface area contributed by atoms with Gasteiger partial charge >= 0.3 is 5.97 Å². The summed E-state index contributed by atoms with van der Waals surface area (Å²) in [7, 11) is 0. The van der Waals surface area contributed by atoms with Gasteiger partial charge in [-0.15, -0.1) is 0 Å². The number of likely N-dealkylation sites (N-methyl/N-ethyl adjacent to an activating group) is 1. The summed E-state index contributed by atoms with van der Waals surface area (Å²) >= 11 is 0. The fourth-order valence-electron chi connectivity index (χ4n) is 1.55. The average Bonchev–Trinajstić information content (AvgIpc) is 2.31. The summed E-state index contributed by atoms with van der Waals surface area (Å²) < 4.78 is 4.93. The van der Waals surface area contributed by atoms with Gasteiger partial charge in [-0.1, -0.05) is 19.1 Å². The lowest BCUT2D eigenvalue weighted by Crippen LogP contribution is -2.30. The highest BCUT2D eigenvalue weighted by Crippen LogP contribution is 2.08. The monoisotopic (exact) mass is 236 g/mol. The summed E-state index contributed by atoms with van der Waals surface area (Å²) in [6, 6.07) is 7.69. The van der Waals surface area contributed by atoms with Crippen LogP contribution in [0.4, 0.5) is 5.69 Å². The van der Waals surface area contributed by atoms with Crippen LogP contribution in [0.25, 0.3) is 0 Å². The number of nitrogen functional groups attached to an aromatic ring is 1. The Hall–Kier alpha value is -1.55. The molecule has 0 aromatic heterocycles. The minimum Gasteiger partial charge on any atom is -0.465 e. The number of nitrogens with zero attached hydrogens (tertiary/aromatic N) is 1. The van der Waals surface area contributed by atoms with E-state index in [9.17, 15) is 4.79 Å². The largest absolute Gasteiger partial charge is 0.465 e. The smallest absolute Gasteiger partial charge is 0.320 e. The van der Waals surface area contributed by atoms with Crippen molar-refractivity contribution in [2.45, 2.75) is 20.4 Å². The van der Waals surface area contributed by atoms with Gasteiger partial charge in [0.05, 0.1) is 13.2 Å². The molecule has 4 nitrogen and oxygen atoms in total. The van der Waals surface area contributed by atoms with Crippen LogP contribution in [0.1, 0.15) is 19.4 Å². The number of benzene rings is 1. The van der Waals surface area contributed by atoms with Crippen molar-refractivity contribution in [1.29, 1.82) is 0 Å². The summed E-state index contributed by atoms with van der Waals surface area (Å²) in [5.74, 6) is -0.176. The molecule has 0 saturated carbocycles. The third-order valence-corrected chi connectivity index (χ3v) is 2.49. The number of esters is 1. The molecule has 1 aromatic rings. The van der Waals surface area contributed by atoms with Crippen molar-refractivity contribution in [3.63, 3.8) is 0 Å². The zero-order valence-electron chi connectivity index (χ0n) is 10.5. The third-order valence-electron chi connectivity index (χ3n) is 2.49. The molecule has 0 aliphatic carbocycles. The first-order valence-corrected chi connectivity index (χ1v) is 5.88. The van der Waals surface area contributed by atoms with E-state index in [1.807, 2.05) is 43.0 Å². The fraction of sp³-hybridized carbons (Fsp3) is 0.462. The lowest BCUT2D eigenvalue weighted by molar-refractivity contribution is -0.144. The molecule has 0 heterocycles. The molecule has 0 aliphatic heterocycles. The maximum Gasteiger partial charge on any atom is 0.320 e. The number of hydrogen-bond donors (Lipinski definition) is 1. The van der Waals surface area contributed by atoms with E-state index in [1.54, 1.807) is 0 Å². The number of nitrogens with two attached hydrogens (primary N) is 1. The molecule has 2 N–H and O–H groups in total. The zero-order chi connectivity index (χ0) is 12.7. The van der Waals surface area contributed by atoms with Crippen molar-refractivity contribution < 1.29 is 9.53 Å². The second-order valence-electron chi connectivity index (χ2n) is 3.85. The molecule has 1 aromatic carbocycles. The van der Waals surface area contributed by atoms with Crippen LogP contribution in [0.5, 0.6) is 0 Å². The first kappa shape index (κ1) is 13.5. The predicted molar refractivity (Wildman–Crippen MR) is 68.4 cm³/mol. The standard InChI is InChI=1S/C13H20N2O2/c1-3-15(10-13(16)17-4-2)9-11-5-7-12(14)8-6-11/h5-8H,3-4,9-10,14H2,1-2H3. The fourth-order valence-corrected chi connectivity index (χ4v) is 1.55. The van der Waals surface area contributed by atoms with Gasteiger partial charge in [-0.25, -0.2) is 0 Å². The van der Waals surface area contributed by atoms with Gasteiger partial charge < -0.3 is 10.5 Å². The second kappa shape index (κ2) is 6.91. The summed E-state index contributed by atoms with van der Waals surface area (Å²) in [4.78, 5) is 13.4. The van der Waals surface area contributed by atoms with Crippen LogP contribution in [0.15, 0.2) is 24.3 Å². The van der Waals surface area contributed by atoms with Crippen molar-refractivity contribution in [3.05, 3.63) is 29.8 Å². The average molecular weight is 236 g/mol. The van der Waals surface area contributed by atoms with Crippen LogP contribution in [0.3, 0.4) is 0 Å². The Balaban J connectivity index is 2.51. The van der Waals surface area contributed by atoms with Crippen LogP contribution in [0, 0.1) is 0 Å². The van der Waals surface area contributed by atoms with Crippen LogP contribution in [0.2, 0.25) is 0 Å². The van der Waals surface area contributed by atoms with Crippen LogP contribution >= 0.6 is 0 Å². The lowest BCUT2D eigenvalue weighted by Gasteiger charge is -2.19. The Morgan fingerprint density at radius 3 is 2.47 bits per heavy atom. The van der Waals surface area contributed by atoms with Crippen LogP contribution < -0.4 is 5.73 Å². The molecule has 4 heteroatoms. The Labute approximate surface area is 102 Å². The summed E-state index contributed by atoms with van der Waals surface area (Å²) in [5, 5.41) is 0. The van der Waals surface area contributed by atoms with Gasteiger partial charge in [0.2, 0.25) is 0 Å². The van der Waals surface area contributed by atoms with Gasteiger partial charge in [0.25, 0.3) is 0 Å². The zero-order valence-corrected chi connectivity index (χ0v) is 10.5. The van der Waals surface area contributed by atoms with Crippen LogP contribution in [-0.4, -0.2) is 30.6 Å². The highest BCUT2D eigenvalue weighted by atomic mass is 16.5. The number of anilines is 1. The molecule has 0 atom stereocenters. The van der Waals surface area contributed by atoms with Gasteiger partial charge in [-0.2, -0.15) is 0 Å². The van der Waals surface area contributed by atoms with E-state index in [-0.39, 0.29) is 5.97 Å². The number of carbonyl (C=O) groups is 1. The molecule has 0 amide bonds. The van der Waals surface area contributed by atoms with Crippen molar-refractivity contribution >= 4 is 11.7 Å². The molecule has 0 saturated heterocycles. The van der Waals surface area contributed by atoms with Gasteiger partial charge in [0, 0.05) is 12.2 Å². The topological polar surface area (TPSA) is 55.6 Å². The first-order valence-electron chi connectivity index (χ1n) is 5.88. The van der Waals surface area contributed by atoms with E-state index >= 15 is 0 Å². The molecule has 1 rings (SSSR count). The van der Waals surface area contributed by atoms with E-state index < -0.39 is 0 Å². The van der Waals surface area contributed by atoms with Crippen LogP contribution in [-0.2, 0) is 16.1 Å². The maximum atomic E-state index is 11.4. The van der Waals surface area contributed by atoms with Gasteiger partial charge in [-0.3, -0.25) is 9.69 Å². The van der Waals surface area contributed by atoms with Crippen molar-refractivity contribution in [2.24, 2.45) is 0 Å². The molecule has 0 unspecified atom stereocenters. The number of rotatable bonds is 6. The molecule has 0 radical (unpaired) electrons. The molecule has 0 fully saturated rings. The second-order valence-corrected chi connectivity index (χ2v) is 3.85. The van der Waals surface area contributed by atoms with Gasteiger partial charge in [-0.05, 0) is 31.2 Å². The van der Waals surface area contributed by atoms with Gasteiger partial charge in [0.1, 0.15) is 0 Å². The number of carbonyl (C=O) groups excluding carboxylic acids is 1. The van der Waals surface area contributed by atoms with E-state index in [4.69, 9.17) is 10.5 Å². The Morgan fingerprint density at radius 1 is 1.29 bits per heavy atom. The highest BCUT2D eigenvalue weighted by molar-refractivity contribution is 5.71. The highest BCUT2D eigenvalue weighted by Gasteiger charge is 2.09. The van der Waals surface area contributed by atoms with Crippen molar-refractivity contribution in [3.8, 4) is 0 Å². The number of hydrogen-bond acceptors (Lipinski definition) is 4. The maximum absolute atomic E-state index is 11.4. The Kier molecular flexibility index (Phi) is 5.49. The third kappa shape index (κ3) is 4.87. The summed E-state index contributed by atoms with van der Waals surface area (Å²) in [6.45, 7) is 6.14. The van der Waals surface area contributed by atoms with Gasteiger partial charge in [0.15, 0.2) is 0 Å². The molecule has 0 spiro atoms. The Morgan fingerprint density at radius 2 is 1.94 bits per heavy atom. The van der Waals surface area contributed by atoms with E-state index in [1.165, 1.54) is 0 Å². The van der Waals surface area contributed by atoms with Crippen molar-refractivity contribution in [2.75, 3.05) is 25.4 Å². The summed E-state index contributed by atoms with van der Waals surface area (Å²) in [5.41, 5.74) is 7.52. The molecule has 17 heavy (non-hydrogen) atoms. The number of ether oxygens (including phenoxy) is 1. The minimum absolute atomic E-state index is 0.176. The normalized spacial score (nSPS) is 10.5. The molecule has 0 bridgehead atoms. The van der Waals surface area contributed by atoms with E-state index in [0.717, 1.165) is 24.3 Å². The lowest BCUT2D eigenvalue weighted by atomic mass is 10.2. The molecular formula is C13H20N2O2.